The molecular weight excluding hydrogens is 310 g/mol. The number of thiophene rings is 1. The molecule has 0 bridgehead atoms. The fourth-order valence-corrected chi connectivity index (χ4v) is 3.51. The zero-order valence-corrected chi connectivity index (χ0v) is 14.4. The van der Waals surface area contributed by atoms with Gasteiger partial charge in [-0.1, -0.05) is 25.3 Å². The summed E-state index contributed by atoms with van der Waals surface area (Å²) in [6.45, 7) is 1.21. The van der Waals surface area contributed by atoms with Crippen molar-refractivity contribution in [1.29, 1.82) is 0 Å². The molecule has 23 heavy (non-hydrogen) atoms. The largest absolute Gasteiger partial charge is 0.356 e. The normalized spacial score (nSPS) is 15.1. The van der Waals surface area contributed by atoms with Crippen molar-refractivity contribution in [3.05, 3.63) is 22.4 Å². The molecule has 1 saturated carbocycles. The van der Waals surface area contributed by atoms with Gasteiger partial charge in [0.15, 0.2) is 0 Å². The molecule has 0 spiro atoms. The summed E-state index contributed by atoms with van der Waals surface area (Å²) in [7, 11) is 0. The second-order valence-corrected chi connectivity index (χ2v) is 7.05. The van der Waals surface area contributed by atoms with Crippen molar-refractivity contribution in [2.75, 3.05) is 13.1 Å². The first kappa shape index (κ1) is 17.8. The summed E-state index contributed by atoms with van der Waals surface area (Å²) in [5.41, 5.74) is 0. The maximum atomic E-state index is 11.7. The standard InChI is InChI=1S/C17H27N3O2S/c21-16(18-12-10-15-8-5-13-23-15)9-4-11-19-17(22)20-14-6-2-1-3-7-14/h5,8,13-14H,1-4,6-7,9-12H2,(H,18,21)(H2,19,20,22). The lowest BCUT2D eigenvalue weighted by Crippen LogP contribution is -2.43. The van der Waals surface area contributed by atoms with Crippen LogP contribution in [0.15, 0.2) is 17.5 Å². The number of urea groups is 1. The molecule has 1 heterocycles. The summed E-state index contributed by atoms with van der Waals surface area (Å²) in [5, 5.41) is 10.8. The topological polar surface area (TPSA) is 70.2 Å². The third kappa shape index (κ3) is 7.50. The first-order valence-electron chi connectivity index (χ1n) is 8.57. The molecule has 0 unspecified atom stereocenters. The van der Waals surface area contributed by atoms with Crippen LogP contribution in [0, 0.1) is 0 Å². The van der Waals surface area contributed by atoms with Gasteiger partial charge >= 0.3 is 6.03 Å². The van der Waals surface area contributed by atoms with Crippen molar-refractivity contribution >= 4 is 23.3 Å². The van der Waals surface area contributed by atoms with Crippen LogP contribution in [-0.2, 0) is 11.2 Å². The van der Waals surface area contributed by atoms with E-state index < -0.39 is 0 Å². The van der Waals surface area contributed by atoms with E-state index in [1.807, 2.05) is 11.4 Å². The van der Waals surface area contributed by atoms with Crippen molar-refractivity contribution in [2.45, 2.75) is 57.4 Å². The van der Waals surface area contributed by atoms with Crippen molar-refractivity contribution in [3.63, 3.8) is 0 Å². The predicted molar refractivity (Wildman–Crippen MR) is 93.7 cm³/mol. The molecule has 2 rings (SSSR count). The molecule has 0 saturated heterocycles. The van der Waals surface area contributed by atoms with E-state index in [1.165, 1.54) is 24.1 Å². The number of carbonyl (C=O) groups excluding carboxylic acids is 2. The molecule has 5 nitrogen and oxygen atoms in total. The molecule has 0 radical (unpaired) electrons. The van der Waals surface area contributed by atoms with E-state index in [4.69, 9.17) is 0 Å². The monoisotopic (exact) mass is 337 g/mol. The molecular formula is C17H27N3O2S. The highest BCUT2D eigenvalue weighted by molar-refractivity contribution is 7.09. The van der Waals surface area contributed by atoms with Crippen LogP contribution >= 0.6 is 11.3 Å². The van der Waals surface area contributed by atoms with Gasteiger partial charge in [-0.05, 0) is 37.1 Å². The number of amides is 3. The Morgan fingerprint density at radius 2 is 1.96 bits per heavy atom. The molecule has 1 aromatic heterocycles. The van der Waals surface area contributed by atoms with Gasteiger partial charge in [-0.3, -0.25) is 4.79 Å². The molecule has 1 fully saturated rings. The Kier molecular flexibility index (Phi) is 7.93. The minimum atomic E-state index is -0.102. The fourth-order valence-electron chi connectivity index (χ4n) is 2.80. The molecule has 0 aliphatic heterocycles. The Morgan fingerprint density at radius 1 is 1.13 bits per heavy atom. The first-order valence-corrected chi connectivity index (χ1v) is 9.45. The zero-order chi connectivity index (χ0) is 16.3. The number of hydrogen-bond acceptors (Lipinski definition) is 3. The van der Waals surface area contributed by atoms with E-state index in [0.717, 1.165) is 19.3 Å². The molecule has 3 N–H and O–H groups in total. The molecule has 1 aromatic rings. The molecule has 0 aromatic carbocycles. The average Bonchev–Trinajstić information content (AvgIpc) is 3.06. The van der Waals surface area contributed by atoms with Gasteiger partial charge in [0, 0.05) is 30.4 Å². The Morgan fingerprint density at radius 3 is 2.70 bits per heavy atom. The number of carbonyl (C=O) groups is 2. The van der Waals surface area contributed by atoms with Crippen molar-refractivity contribution in [2.24, 2.45) is 0 Å². The van der Waals surface area contributed by atoms with Gasteiger partial charge in [-0.15, -0.1) is 11.3 Å². The smallest absolute Gasteiger partial charge is 0.315 e. The van der Waals surface area contributed by atoms with E-state index in [0.29, 0.717) is 32.0 Å². The van der Waals surface area contributed by atoms with E-state index in [1.54, 1.807) is 11.3 Å². The summed E-state index contributed by atoms with van der Waals surface area (Å²) >= 11 is 1.71. The minimum absolute atomic E-state index is 0.0519. The maximum absolute atomic E-state index is 11.7. The van der Waals surface area contributed by atoms with E-state index in [2.05, 4.69) is 22.0 Å². The Labute approximate surface area is 142 Å². The molecule has 3 amide bonds. The summed E-state index contributed by atoms with van der Waals surface area (Å²) in [6, 6.07) is 4.32. The lowest BCUT2D eigenvalue weighted by molar-refractivity contribution is -0.121. The van der Waals surface area contributed by atoms with Crippen LogP contribution in [0.5, 0.6) is 0 Å². The van der Waals surface area contributed by atoms with Crippen molar-refractivity contribution in [3.8, 4) is 0 Å². The predicted octanol–water partition coefficient (Wildman–Crippen LogP) is 2.82. The summed E-state index contributed by atoms with van der Waals surface area (Å²) < 4.78 is 0. The first-order chi connectivity index (χ1) is 11.2. The third-order valence-corrected chi connectivity index (χ3v) is 5.02. The van der Waals surface area contributed by atoms with Gasteiger partial charge < -0.3 is 16.0 Å². The van der Waals surface area contributed by atoms with Crippen LogP contribution in [0.3, 0.4) is 0 Å². The third-order valence-electron chi connectivity index (χ3n) is 4.08. The lowest BCUT2D eigenvalue weighted by Gasteiger charge is -2.22. The van der Waals surface area contributed by atoms with Gasteiger partial charge in [-0.2, -0.15) is 0 Å². The van der Waals surface area contributed by atoms with Gasteiger partial charge in [0.05, 0.1) is 0 Å². The number of rotatable bonds is 8. The number of hydrogen-bond donors (Lipinski definition) is 3. The maximum Gasteiger partial charge on any atom is 0.315 e. The van der Waals surface area contributed by atoms with E-state index >= 15 is 0 Å². The van der Waals surface area contributed by atoms with Crippen molar-refractivity contribution < 1.29 is 9.59 Å². The van der Waals surface area contributed by atoms with Crippen LogP contribution < -0.4 is 16.0 Å². The van der Waals surface area contributed by atoms with Crippen LogP contribution in [-0.4, -0.2) is 31.1 Å². The fraction of sp³-hybridized carbons (Fsp3) is 0.647. The summed E-state index contributed by atoms with van der Waals surface area (Å²) in [5.74, 6) is 0.0519. The van der Waals surface area contributed by atoms with Crippen molar-refractivity contribution in [1.82, 2.24) is 16.0 Å². The molecule has 128 valence electrons. The van der Waals surface area contributed by atoms with Crippen LogP contribution in [0.2, 0.25) is 0 Å². The van der Waals surface area contributed by atoms with Gasteiger partial charge in [0.1, 0.15) is 0 Å². The highest BCUT2D eigenvalue weighted by Gasteiger charge is 2.15. The molecule has 0 atom stereocenters. The molecule has 1 aliphatic carbocycles. The molecule has 6 heteroatoms. The average molecular weight is 337 g/mol. The Balaban J connectivity index is 1.45. The molecule has 1 aliphatic rings. The second-order valence-electron chi connectivity index (χ2n) is 6.02. The Bertz CT molecular complexity index is 470. The van der Waals surface area contributed by atoms with Crippen LogP contribution in [0.1, 0.15) is 49.8 Å². The highest BCUT2D eigenvalue weighted by atomic mass is 32.1. The van der Waals surface area contributed by atoms with E-state index in [9.17, 15) is 9.59 Å². The highest BCUT2D eigenvalue weighted by Crippen LogP contribution is 2.17. The Hall–Kier alpha value is -1.56. The minimum Gasteiger partial charge on any atom is -0.356 e. The van der Waals surface area contributed by atoms with Crippen LogP contribution in [0.4, 0.5) is 4.79 Å². The van der Waals surface area contributed by atoms with Gasteiger partial charge in [0.25, 0.3) is 0 Å². The van der Waals surface area contributed by atoms with Gasteiger partial charge in [0.2, 0.25) is 5.91 Å². The summed E-state index contributed by atoms with van der Waals surface area (Å²) in [4.78, 5) is 24.7. The van der Waals surface area contributed by atoms with Gasteiger partial charge in [-0.25, -0.2) is 4.79 Å². The SMILES string of the molecule is O=C(CCCNC(=O)NC1CCCCC1)NCCc1cccs1. The van der Waals surface area contributed by atoms with Crippen LogP contribution in [0.25, 0.3) is 0 Å². The van der Waals surface area contributed by atoms with E-state index in [-0.39, 0.29) is 11.9 Å². The second kappa shape index (κ2) is 10.3. The quantitative estimate of drug-likeness (QED) is 0.638. The zero-order valence-electron chi connectivity index (χ0n) is 13.6. The number of nitrogens with one attached hydrogen (secondary N) is 3. The lowest BCUT2D eigenvalue weighted by atomic mass is 9.96. The summed E-state index contributed by atoms with van der Waals surface area (Å²) in [6.07, 6.45) is 7.86.